The minimum atomic E-state index is -1.41. The van der Waals surface area contributed by atoms with Gasteiger partial charge in [-0.2, -0.15) is 0 Å². The third-order valence-corrected chi connectivity index (χ3v) is 3.33. The van der Waals surface area contributed by atoms with E-state index in [1.807, 2.05) is 0 Å². The molecule has 1 aromatic carbocycles. The molecule has 1 atom stereocenters. The minimum absolute atomic E-state index is 0.0906. The maximum Gasteiger partial charge on any atom is 0.341 e. The zero-order valence-electron chi connectivity index (χ0n) is 10.4. The molecule has 2 aromatic rings. The van der Waals surface area contributed by atoms with Gasteiger partial charge in [-0.25, -0.2) is 9.18 Å². The van der Waals surface area contributed by atoms with Crippen LogP contribution in [0, 0.1) is 5.82 Å². The Morgan fingerprint density at radius 1 is 1.50 bits per heavy atom. The number of aliphatic hydroxyl groups excluding tert-OH is 1. The summed E-state index contributed by atoms with van der Waals surface area (Å²) in [5, 5.41) is 18.0. The van der Waals surface area contributed by atoms with Gasteiger partial charge in [0, 0.05) is 11.6 Å². The van der Waals surface area contributed by atoms with E-state index < -0.39 is 28.8 Å². The van der Waals surface area contributed by atoms with Gasteiger partial charge in [0.05, 0.1) is 23.2 Å². The number of aliphatic hydroxyl groups is 1. The molecule has 1 aromatic heterocycles. The van der Waals surface area contributed by atoms with Crippen molar-refractivity contribution in [3.63, 3.8) is 0 Å². The number of fused-ring (bicyclic) bond motifs is 1. The molecule has 1 heterocycles. The number of aromatic carboxylic acids is 1. The number of rotatable bonds is 3. The van der Waals surface area contributed by atoms with Crippen LogP contribution in [-0.2, 0) is 0 Å². The van der Waals surface area contributed by atoms with Gasteiger partial charge in [0.15, 0.2) is 0 Å². The number of benzene rings is 1. The summed E-state index contributed by atoms with van der Waals surface area (Å²) >= 11 is 5.69. The summed E-state index contributed by atoms with van der Waals surface area (Å²) in [6.45, 7) is 1.36. The van der Waals surface area contributed by atoms with Gasteiger partial charge in [0.25, 0.3) is 0 Å². The zero-order valence-corrected chi connectivity index (χ0v) is 11.2. The second kappa shape index (κ2) is 5.22. The average molecular weight is 300 g/mol. The molecule has 106 valence electrons. The molecule has 2 rings (SSSR count). The van der Waals surface area contributed by atoms with Crippen LogP contribution in [0.1, 0.15) is 23.3 Å². The van der Waals surface area contributed by atoms with Gasteiger partial charge in [0.2, 0.25) is 5.43 Å². The fourth-order valence-corrected chi connectivity index (χ4v) is 2.11. The molecule has 20 heavy (non-hydrogen) atoms. The molecule has 0 fully saturated rings. The Morgan fingerprint density at radius 3 is 2.70 bits per heavy atom. The van der Waals surface area contributed by atoms with Gasteiger partial charge in [0.1, 0.15) is 11.4 Å². The number of aromatic nitrogens is 1. The van der Waals surface area contributed by atoms with E-state index in [1.54, 1.807) is 6.92 Å². The normalized spacial score (nSPS) is 12.6. The lowest BCUT2D eigenvalue weighted by Gasteiger charge is -2.17. The predicted molar refractivity (Wildman–Crippen MR) is 71.9 cm³/mol. The van der Waals surface area contributed by atoms with Gasteiger partial charge in [-0.3, -0.25) is 4.79 Å². The molecule has 0 saturated carbocycles. The standard InChI is InChI=1S/C13H11ClFNO4/c1-6(5-17)16-4-8(13(19)20)12(18)7-2-10(15)9(14)3-11(7)16/h2-4,6,17H,5H2,1H3,(H,19,20). The number of hydrogen-bond acceptors (Lipinski definition) is 3. The lowest BCUT2D eigenvalue weighted by molar-refractivity contribution is 0.0694. The molecule has 0 aliphatic heterocycles. The molecular weight excluding hydrogens is 289 g/mol. The van der Waals surface area contributed by atoms with E-state index in [2.05, 4.69) is 0 Å². The van der Waals surface area contributed by atoms with Crippen LogP contribution >= 0.6 is 11.6 Å². The van der Waals surface area contributed by atoms with E-state index in [0.29, 0.717) is 0 Å². The molecule has 7 heteroatoms. The number of carboxylic acid groups (broad SMARTS) is 1. The molecule has 2 N–H and O–H groups in total. The van der Waals surface area contributed by atoms with Crippen molar-refractivity contribution in [1.29, 1.82) is 0 Å². The van der Waals surface area contributed by atoms with E-state index in [4.69, 9.17) is 16.7 Å². The summed E-state index contributed by atoms with van der Waals surface area (Å²) in [7, 11) is 0. The number of hydrogen-bond donors (Lipinski definition) is 2. The van der Waals surface area contributed by atoms with Gasteiger partial charge in [-0.05, 0) is 19.1 Å². The lowest BCUT2D eigenvalue weighted by Crippen LogP contribution is -2.21. The lowest BCUT2D eigenvalue weighted by atomic mass is 10.1. The maximum absolute atomic E-state index is 13.5. The second-order valence-electron chi connectivity index (χ2n) is 4.40. The highest BCUT2D eigenvalue weighted by Crippen LogP contribution is 2.23. The first-order chi connectivity index (χ1) is 9.36. The molecule has 0 radical (unpaired) electrons. The first-order valence-corrected chi connectivity index (χ1v) is 6.12. The van der Waals surface area contributed by atoms with Crippen molar-refractivity contribution in [1.82, 2.24) is 4.57 Å². The Labute approximate surface area is 117 Å². The average Bonchev–Trinajstić information content (AvgIpc) is 2.40. The monoisotopic (exact) mass is 299 g/mol. The molecule has 1 unspecified atom stereocenters. The highest BCUT2D eigenvalue weighted by Gasteiger charge is 2.18. The topological polar surface area (TPSA) is 79.5 Å². The third kappa shape index (κ3) is 2.28. The highest BCUT2D eigenvalue weighted by molar-refractivity contribution is 6.31. The molecule has 0 saturated heterocycles. The Balaban J connectivity index is 2.97. The molecule has 0 bridgehead atoms. The Kier molecular flexibility index (Phi) is 3.78. The first kappa shape index (κ1) is 14.5. The van der Waals surface area contributed by atoms with Crippen LogP contribution in [0.4, 0.5) is 4.39 Å². The number of nitrogens with zero attached hydrogens (tertiary/aromatic N) is 1. The van der Waals surface area contributed by atoms with Gasteiger partial charge in [-0.15, -0.1) is 0 Å². The Bertz CT molecular complexity index is 756. The van der Waals surface area contributed by atoms with Crippen LogP contribution in [0.25, 0.3) is 10.9 Å². The summed E-state index contributed by atoms with van der Waals surface area (Å²) in [6, 6.07) is 1.66. The van der Waals surface area contributed by atoms with Crippen molar-refractivity contribution in [3.8, 4) is 0 Å². The van der Waals surface area contributed by atoms with Crippen molar-refractivity contribution >= 4 is 28.5 Å². The smallest absolute Gasteiger partial charge is 0.341 e. The van der Waals surface area contributed by atoms with Crippen molar-refractivity contribution in [2.24, 2.45) is 0 Å². The summed E-state index contributed by atoms with van der Waals surface area (Å²) < 4.78 is 14.9. The quantitative estimate of drug-likeness (QED) is 0.909. The van der Waals surface area contributed by atoms with E-state index >= 15 is 0 Å². The van der Waals surface area contributed by atoms with E-state index in [0.717, 1.165) is 12.3 Å². The maximum atomic E-state index is 13.5. The van der Waals surface area contributed by atoms with Crippen molar-refractivity contribution in [2.45, 2.75) is 13.0 Å². The molecule has 0 aliphatic rings. The second-order valence-corrected chi connectivity index (χ2v) is 4.81. The molecule has 0 amide bonds. The van der Waals surface area contributed by atoms with Gasteiger partial charge < -0.3 is 14.8 Å². The summed E-state index contributed by atoms with van der Waals surface area (Å²) in [4.78, 5) is 23.1. The Hall–Kier alpha value is -1.92. The molecule has 0 aliphatic carbocycles. The van der Waals surface area contributed by atoms with Crippen LogP contribution < -0.4 is 5.43 Å². The third-order valence-electron chi connectivity index (χ3n) is 3.04. The molecule has 0 spiro atoms. The van der Waals surface area contributed by atoms with Crippen molar-refractivity contribution in [2.75, 3.05) is 6.61 Å². The fraction of sp³-hybridized carbons (Fsp3) is 0.231. The SMILES string of the molecule is CC(CO)n1cc(C(=O)O)c(=O)c2cc(F)c(Cl)cc21. The largest absolute Gasteiger partial charge is 0.477 e. The number of carboxylic acids is 1. The highest BCUT2D eigenvalue weighted by atomic mass is 35.5. The summed E-state index contributed by atoms with van der Waals surface area (Å²) in [6.07, 6.45) is 1.13. The first-order valence-electron chi connectivity index (χ1n) is 5.75. The van der Waals surface area contributed by atoms with Crippen LogP contribution in [-0.4, -0.2) is 27.4 Å². The van der Waals surface area contributed by atoms with Gasteiger partial charge in [-0.1, -0.05) is 11.6 Å². The number of pyridine rings is 1. The minimum Gasteiger partial charge on any atom is -0.477 e. The van der Waals surface area contributed by atoms with Crippen molar-refractivity contribution < 1.29 is 19.4 Å². The van der Waals surface area contributed by atoms with Crippen LogP contribution in [0.2, 0.25) is 5.02 Å². The number of carbonyl (C=O) groups is 1. The fourth-order valence-electron chi connectivity index (χ4n) is 1.95. The van der Waals surface area contributed by atoms with Crippen LogP contribution in [0.5, 0.6) is 0 Å². The van der Waals surface area contributed by atoms with E-state index in [9.17, 15) is 19.1 Å². The number of halogens is 2. The van der Waals surface area contributed by atoms with Crippen molar-refractivity contribution in [3.05, 3.63) is 45.0 Å². The Morgan fingerprint density at radius 2 is 2.15 bits per heavy atom. The predicted octanol–water partition coefficient (Wildman–Crippen LogP) is 2.05. The van der Waals surface area contributed by atoms with Crippen LogP contribution in [0.15, 0.2) is 23.1 Å². The summed E-state index contributed by atoms with van der Waals surface area (Å²) in [5.74, 6) is -2.21. The summed E-state index contributed by atoms with van der Waals surface area (Å²) in [5.41, 5.74) is -1.00. The van der Waals surface area contributed by atoms with E-state index in [-0.39, 0.29) is 22.5 Å². The molecule has 5 nitrogen and oxygen atoms in total. The zero-order chi connectivity index (χ0) is 15.0. The van der Waals surface area contributed by atoms with Gasteiger partial charge >= 0.3 is 5.97 Å². The van der Waals surface area contributed by atoms with Crippen LogP contribution in [0.3, 0.4) is 0 Å². The molecular formula is C13H11ClFNO4. The van der Waals surface area contributed by atoms with E-state index in [1.165, 1.54) is 10.6 Å².